The lowest BCUT2D eigenvalue weighted by Gasteiger charge is -2.35. The fourth-order valence-electron chi connectivity index (χ4n) is 6.92. The van der Waals surface area contributed by atoms with Crippen LogP contribution in [0.25, 0.3) is 0 Å². The third-order valence-corrected chi connectivity index (χ3v) is 9.38. The molecule has 10 heteroatoms. The summed E-state index contributed by atoms with van der Waals surface area (Å²) in [6, 6.07) is 5.01. The Hall–Kier alpha value is -3.69. The van der Waals surface area contributed by atoms with E-state index in [1.54, 1.807) is 4.90 Å². The lowest BCUT2D eigenvalue weighted by atomic mass is 9.93. The van der Waals surface area contributed by atoms with Gasteiger partial charge in [-0.1, -0.05) is 71.4 Å². The highest BCUT2D eigenvalue weighted by atomic mass is 16.2. The Morgan fingerprint density at radius 3 is 2.28 bits per heavy atom. The van der Waals surface area contributed by atoms with Crippen molar-refractivity contribution in [2.24, 2.45) is 29.1 Å². The Balaban J connectivity index is 1.57. The molecular formula is C33H47N5O5. The number of likely N-dealkylation sites (tertiary alicyclic amines) is 1. The molecule has 0 spiro atoms. The van der Waals surface area contributed by atoms with Crippen LogP contribution in [0.1, 0.15) is 58.6 Å². The molecule has 3 unspecified atom stereocenters. The summed E-state index contributed by atoms with van der Waals surface area (Å²) in [5, 5.41) is 11.1. The Morgan fingerprint density at radius 1 is 1.05 bits per heavy atom. The lowest BCUT2D eigenvalue weighted by molar-refractivity contribution is -0.144. The normalized spacial score (nSPS) is 23.0. The van der Waals surface area contributed by atoms with Gasteiger partial charge in [0.25, 0.3) is 5.91 Å². The number of rotatable bonds is 13. The van der Waals surface area contributed by atoms with Gasteiger partial charge in [-0.05, 0) is 59.5 Å². The van der Waals surface area contributed by atoms with E-state index in [1.807, 2.05) is 32.9 Å². The molecule has 1 heterocycles. The maximum Gasteiger partial charge on any atom is 0.315 e. The number of carbonyl (C=O) groups excluding carboxylic acids is 5. The number of hydrogen-bond donors (Lipinski definition) is 4. The maximum atomic E-state index is 14.4. The van der Waals surface area contributed by atoms with E-state index in [9.17, 15) is 24.0 Å². The van der Waals surface area contributed by atoms with Gasteiger partial charge >= 0.3 is 6.03 Å². The van der Waals surface area contributed by atoms with E-state index >= 15 is 0 Å². The monoisotopic (exact) mass is 593 g/mol. The number of hydrogen-bond acceptors (Lipinski definition) is 5. The highest BCUT2D eigenvalue weighted by Crippen LogP contribution is 2.65. The van der Waals surface area contributed by atoms with Gasteiger partial charge in [0.05, 0.1) is 6.04 Å². The Morgan fingerprint density at radius 2 is 1.70 bits per heavy atom. The van der Waals surface area contributed by atoms with Crippen molar-refractivity contribution in [1.29, 1.82) is 0 Å². The Bertz CT molecular complexity index is 1230. The third kappa shape index (κ3) is 6.94. The fraction of sp³-hybridized carbons (Fsp3) is 0.606. The zero-order chi connectivity index (χ0) is 31.5. The van der Waals surface area contributed by atoms with Crippen molar-refractivity contribution >= 4 is 29.5 Å². The Kier molecular flexibility index (Phi) is 9.97. The number of ketones is 1. The SMILES string of the molecule is C=CCNC(=O)C(=O)C(CCC)NC(=O)[C@@H]1C2C(CN1C(=O)[C@@H](NC(=O)NCC(C)C)C1Cc3ccccc3C1)C2(C)C. The van der Waals surface area contributed by atoms with Crippen LogP contribution in [0.15, 0.2) is 36.9 Å². The van der Waals surface area contributed by atoms with E-state index in [-0.39, 0.29) is 41.5 Å². The smallest absolute Gasteiger partial charge is 0.315 e. The number of urea groups is 1. The van der Waals surface area contributed by atoms with E-state index in [0.717, 1.165) is 11.1 Å². The van der Waals surface area contributed by atoms with Crippen LogP contribution < -0.4 is 21.3 Å². The molecule has 43 heavy (non-hydrogen) atoms. The molecule has 5 atom stereocenters. The standard InChI is InChI=1S/C33H47N5O5/c1-7-11-24(28(39)30(41)34-14-8-2)36-29(40)27-25-23(33(25,5)6)18-38(27)31(42)26(37-32(43)35-17-19(3)4)22-15-20-12-9-10-13-21(20)16-22/h8-10,12-13,19,22-27H,2,7,11,14-18H2,1,3-6H3,(H,34,41)(H,36,40)(H2,35,37,43)/t23?,24?,25?,26-,27-/m0/s1. The molecule has 0 bridgehead atoms. The summed E-state index contributed by atoms with van der Waals surface area (Å²) in [6.45, 7) is 14.6. The van der Waals surface area contributed by atoms with Crippen molar-refractivity contribution in [3.63, 3.8) is 0 Å². The van der Waals surface area contributed by atoms with Crippen LogP contribution in [0.2, 0.25) is 0 Å². The number of piperidine rings is 1. The van der Waals surface area contributed by atoms with Crippen LogP contribution in [-0.4, -0.2) is 72.2 Å². The quantitative estimate of drug-likeness (QED) is 0.206. The van der Waals surface area contributed by atoms with Gasteiger partial charge in [0, 0.05) is 19.6 Å². The highest BCUT2D eigenvalue weighted by Gasteiger charge is 2.69. The van der Waals surface area contributed by atoms with Gasteiger partial charge in [-0.2, -0.15) is 0 Å². The number of carbonyl (C=O) groups is 5. The molecule has 4 rings (SSSR count). The van der Waals surface area contributed by atoms with Gasteiger partial charge in [0.15, 0.2) is 0 Å². The van der Waals surface area contributed by atoms with Crippen LogP contribution in [0.5, 0.6) is 0 Å². The van der Waals surface area contributed by atoms with Crippen molar-refractivity contribution in [2.45, 2.75) is 78.4 Å². The number of benzene rings is 1. The van der Waals surface area contributed by atoms with Gasteiger partial charge in [-0.25, -0.2) is 4.79 Å². The van der Waals surface area contributed by atoms with Gasteiger partial charge in [-0.3, -0.25) is 19.2 Å². The van der Waals surface area contributed by atoms with Crippen molar-refractivity contribution < 1.29 is 24.0 Å². The second kappa shape index (κ2) is 13.3. The molecular weight excluding hydrogens is 546 g/mol. The number of fused-ring (bicyclic) bond motifs is 2. The minimum absolute atomic E-state index is 0.0837. The molecule has 4 N–H and O–H groups in total. The molecule has 5 amide bonds. The van der Waals surface area contributed by atoms with E-state index in [1.165, 1.54) is 6.08 Å². The van der Waals surface area contributed by atoms with E-state index in [4.69, 9.17) is 0 Å². The summed E-state index contributed by atoms with van der Waals surface area (Å²) >= 11 is 0. The first-order valence-corrected chi connectivity index (χ1v) is 15.6. The second-order valence-corrected chi connectivity index (χ2v) is 13.3. The molecule has 2 fully saturated rings. The summed E-state index contributed by atoms with van der Waals surface area (Å²) in [5.41, 5.74) is 2.17. The number of nitrogens with one attached hydrogen (secondary N) is 4. The average Bonchev–Trinajstić information content (AvgIpc) is 3.34. The zero-order valence-corrected chi connectivity index (χ0v) is 26.1. The largest absolute Gasteiger partial charge is 0.346 e. The molecule has 10 nitrogen and oxygen atoms in total. The van der Waals surface area contributed by atoms with Gasteiger partial charge in [0.2, 0.25) is 17.6 Å². The first-order chi connectivity index (χ1) is 20.4. The van der Waals surface area contributed by atoms with Gasteiger partial charge in [0.1, 0.15) is 12.1 Å². The lowest BCUT2D eigenvalue weighted by Crippen LogP contribution is -2.60. The summed E-state index contributed by atoms with van der Waals surface area (Å²) in [7, 11) is 0. The molecule has 1 aromatic rings. The molecule has 1 saturated carbocycles. The molecule has 1 aliphatic heterocycles. The van der Waals surface area contributed by atoms with E-state index in [0.29, 0.717) is 38.8 Å². The molecule has 3 aliphatic rings. The Labute approximate surface area is 254 Å². The van der Waals surface area contributed by atoms with Crippen molar-refractivity contribution in [2.75, 3.05) is 19.6 Å². The van der Waals surface area contributed by atoms with E-state index in [2.05, 4.69) is 53.8 Å². The first-order valence-electron chi connectivity index (χ1n) is 15.6. The minimum atomic E-state index is -1.000. The van der Waals surface area contributed by atoms with Gasteiger partial charge in [-0.15, -0.1) is 6.58 Å². The van der Waals surface area contributed by atoms with Crippen molar-refractivity contribution in [3.8, 4) is 0 Å². The van der Waals surface area contributed by atoms with Gasteiger partial charge < -0.3 is 26.2 Å². The summed E-state index contributed by atoms with van der Waals surface area (Å²) < 4.78 is 0. The predicted octanol–water partition coefficient (Wildman–Crippen LogP) is 2.36. The number of nitrogens with zero attached hydrogens (tertiary/aromatic N) is 1. The topological polar surface area (TPSA) is 137 Å². The van der Waals surface area contributed by atoms with Crippen molar-refractivity contribution in [3.05, 3.63) is 48.0 Å². The highest BCUT2D eigenvalue weighted by molar-refractivity contribution is 6.38. The first kappa shape index (κ1) is 32.2. The average molecular weight is 594 g/mol. The molecule has 234 valence electrons. The van der Waals surface area contributed by atoms with Crippen molar-refractivity contribution in [1.82, 2.24) is 26.2 Å². The zero-order valence-electron chi connectivity index (χ0n) is 26.1. The molecule has 1 aromatic carbocycles. The predicted molar refractivity (Wildman–Crippen MR) is 164 cm³/mol. The number of amides is 5. The molecule has 2 aliphatic carbocycles. The van der Waals surface area contributed by atoms with Crippen LogP contribution >= 0.6 is 0 Å². The summed E-state index contributed by atoms with van der Waals surface area (Å²) in [5.74, 6) is -2.10. The molecule has 0 radical (unpaired) electrons. The third-order valence-electron chi connectivity index (χ3n) is 9.38. The molecule has 1 saturated heterocycles. The van der Waals surface area contributed by atoms with Crippen LogP contribution in [0, 0.1) is 29.1 Å². The van der Waals surface area contributed by atoms with Crippen LogP contribution in [0.3, 0.4) is 0 Å². The van der Waals surface area contributed by atoms with E-state index < -0.39 is 41.8 Å². The molecule has 0 aromatic heterocycles. The van der Waals surface area contributed by atoms with Crippen LogP contribution in [0.4, 0.5) is 4.79 Å². The van der Waals surface area contributed by atoms with Crippen LogP contribution in [-0.2, 0) is 32.0 Å². The number of Topliss-reactive ketones (excluding diaryl/α,β-unsaturated/α-hetero) is 1. The second-order valence-electron chi connectivity index (χ2n) is 13.3. The maximum absolute atomic E-state index is 14.4. The minimum Gasteiger partial charge on any atom is -0.346 e. The fourth-order valence-corrected chi connectivity index (χ4v) is 6.92. The summed E-state index contributed by atoms with van der Waals surface area (Å²) in [6.07, 6.45) is 3.65. The summed E-state index contributed by atoms with van der Waals surface area (Å²) in [4.78, 5) is 68.3.